The lowest BCUT2D eigenvalue weighted by atomic mass is 10.1. The van der Waals surface area contributed by atoms with Gasteiger partial charge in [0.2, 0.25) is 0 Å². The number of amides is 1. The van der Waals surface area contributed by atoms with Gasteiger partial charge in [0.25, 0.3) is 5.91 Å². The quantitative estimate of drug-likeness (QED) is 0.610. The number of anilines is 1. The van der Waals surface area contributed by atoms with Gasteiger partial charge in [-0.3, -0.25) is 9.59 Å². The van der Waals surface area contributed by atoms with E-state index in [2.05, 4.69) is 10.1 Å². The van der Waals surface area contributed by atoms with Crippen LogP contribution in [0.3, 0.4) is 0 Å². The Morgan fingerprint density at radius 3 is 2.75 bits per heavy atom. The summed E-state index contributed by atoms with van der Waals surface area (Å²) >= 11 is 0. The molecule has 0 saturated carbocycles. The fourth-order valence-electron chi connectivity index (χ4n) is 2.38. The van der Waals surface area contributed by atoms with Crippen molar-refractivity contribution in [1.82, 2.24) is 0 Å². The van der Waals surface area contributed by atoms with E-state index < -0.39 is 24.6 Å². The third-order valence-electron chi connectivity index (χ3n) is 3.58. The molecule has 0 saturated heterocycles. The number of alkyl halides is 2. The summed E-state index contributed by atoms with van der Waals surface area (Å²) in [6.07, 6.45) is 4.99. The van der Waals surface area contributed by atoms with Crippen molar-refractivity contribution in [3.8, 4) is 5.75 Å². The van der Waals surface area contributed by atoms with E-state index in [-0.39, 0.29) is 23.8 Å². The molecule has 0 aromatic heterocycles. The van der Waals surface area contributed by atoms with Crippen LogP contribution < -0.4 is 10.1 Å². The van der Waals surface area contributed by atoms with Gasteiger partial charge in [0, 0.05) is 0 Å². The van der Waals surface area contributed by atoms with Crippen molar-refractivity contribution < 1.29 is 27.8 Å². The van der Waals surface area contributed by atoms with Crippen LogP contribution in [0, 0.1) is 5.92 Å². The maximum Gasteiger partial charge on any atom is 0.387 e. The molecule has 0 bridgehead atoms. The highest BCUT2D eigenvalue weighted by atomic mass is 19.3. The lowest BCUT2D eigenvalue weighted by Crippen LogP contribution is -2.30. The molecule has 0 unspecified atom stereocenters. The number of carbonyl (C=O) groups excluding carboxylic acids is 2. The Labute approximate surface area is 138 Å². The van der Waals surface area contributed by atoms with E-state index >= 15 is 0 Å². The summed E-state index contributed by atoms with van der Waals surface area (Å²) in [5.74, 6) is -1.09. The zero-order chi connectivity index (χ0) is 17.5. The molecule has 2 rings (SSSR count). The monoisotopic (exact) mass is 339 g/mol. The number of nitrogens with one attached hydrogen (secondary N) is 1. The molecule has 1 aromatic carbocycles. The molecule has 2 atom stereocenters. The number of allylic oxidation sites excluding steroid dienone is 2. The highest BCUT2D eigenvalue weighted by molar-refractivity contribution is 5.96. The standard InChI is InChI=1S/C17H19F2NO4/c1-11(23-15(21)10-12-6-2-3-7-12)16(22)20-13-8-4-5-9-14(13)24-17(18)19/h2,4-6,8-9,11-12,17H,3,7,10H2,1H3,(H,20,22)/t11-,12+/m0/s1. The summed E-state index contributed by atoms with van der Waals surface area (Å²) in [6.45, 7) is -1.58. The lowest BCUT2D eigenvalue weighted by Gasteiger charge is -2.16. The van der Waals surface area contributed by atoms with Gasteiger partial charge >= 0.3 is 12.6 Å². The predicted octanol–water partition coefficient (Wildman–Crippen LogP) is 3.51. The molecule has 7 heteroatoms. The van der Waals surface area contributed by atoms with Gasteiger partial charge in [-0.05, 0) is 37.8 Å². The number of esters is 1. The molecule has 1 aromatic rings. The van der Waals surface area contributed by atoms with Crippen LogP contribution >= 0.6 is 0 Å². The number of para-hydroxylation sites is 2. The number of hydrogen-bond acceptors (Lipinski definition) is 4. The zero-order valence-corrected chi connectivity index (χ0v) is 13.2. The number of rotatable bonds is 7. The SMILES string of the molecule is C[C@H](OC(=O)C[C@@H]1C=CCC1)C(=O)Nc1ccccc1OC(F)F. The van der Waals surface area contributed by atoms with Gasteiger partial charge in [0.1, 0.15) is 5.75 Å². The molecule has 130 valence electrons. The lowest BCUT2D eigenvalue weighted by molar-refractivity contribution is -0.153. The van der Waals surface area contributed by atoms with Crippen LogP contribution in [0.4, 0.5) is 14.5 Å². The molecule has 24 heavy (non-hydrogen) atoms. The van der Waals surface area contributed by atoms with E-state index in [0.29, 0.717) is 0 Å². The predicted molar refractivity (Wildman–Crippen MR) is 83.7 cm³/mol. The Bertz CT molecular complexity index is 618. The van der Waals surface area contributed by atoms with Crippen LogP contribution in [-0.2, 0) is 14.3 Å². The van der Waals surface area contributed by atoms with Crippen molar-refractivity contribution in [1.29, 1.82) is 0 Å². The largest absolute Gasteiger partial charge is 0.453 e. The van der Waals surface area contributed by atoms with Crippen molar-refractivity contribution in [3.63, 3.8) is 0 Å². The van der Waals surface area contributed by atoms with Crippen LogP contribution in [0.5, 0.6) is 5.75 Å². The average Bonchev–Trinajstić information content (AvgIpc) is 3.01. The highest BCUT2D eigenvalue weighted by Crippen LogP contribution is 2.26. The minimum absolute atomic E-state index is 0.0874. The van der Waals surface area contributed by atoms with Crippen molar-refractivity contribution in [2.24, 2.45) is 5.92 Å². The Kier molecular flexibility index (Phi) is 6.28. The molecule has 0 fully saturated rings. The highest BCUT2D eigenvalue weighted by Gasteiger charge is 2.22. The molecule has 0 aliphatic heterocycles. The molecular weight excluding hydrogens is 320 g/mol. The van der Waals surface area contributed by atoms with Crippen LogP contribution in [-0.4, -0.2) is 24.6 Å². The Balaban J connectivity index is 1.89. The van der Waals surface area contributed by atoms with E-state index in [1.165, 1.54) is 25.1 Å². The van der Waals surface area contributed by atoms with E-state index in [1.54, 1.807) is 6.07 Å². The smallest absolute Gasteiger partial charge is 0.387 e. The fourth-order valence-corrected chi connectivity index (χ4v) is 2.38. The normalized spacial score (nSPS) is 17.6. The molecule has 1 aliphatic rings. The van der Waals surface area contributed by atoms with Gasteiger partial charge in [-0.15, -0.1) is 0 Å². The Hall–Kier alpha value is -2.44. The van der Waals surface area contributed by atoms with Gasteiger partial charge < -0.3 is 14.8 Å². The number of carbonyl (C=O) groups is 2. The van der Waals surface area contributed by atoms with Crippen molar-refractivity contribution >= 4 is 17.6 Å². The molecule has 0 radical (unpaired) electrons. The number of benzene rings is 1. The third kappa shape index (κ3) is 5.33. The second kappa shape index (κ2) is 8.42. The molecule has 0 spiro atoms. The van der Waals surface area contributed by atoms with E-state index in [0.717, 1.165) is 12.8 Å². The van der Waals surface area contributed by atoms with Crippen molar-refractivity contribution in [3.05, 3.63) is 36.4 Å². The van der Waals surface area contributed by atoms with Crippen molar-refractivity contribution in [2.45, 2.75) is 38.9 Å². The van der Waals surface area contributed by atoms with Crippen LogP contribution in [0.1, 0.15) is 26.2 Å². The summed E-state index contributed by atoms with van der Waals surface area (Å²) in [5.41, 5.74) is 0.0874. The molecule has 1 aliphatic carbocycles. The van der Waals surface area contributed by atoms with Gasteiger partial charge in [0.15, 0.2) is 6.10 Å². The van der Waals surface area contributed by atoms with Crippen molar-refractivity contribution in [2.75, 3.05) is 5.32 Å². The van der Waals surface area contributed by atoms with E-state index in [9.17, 15) is 18.4 Å². The molecule has 5 nitrogen and oxygen atoms in total. The Morgan fingerprint density at radius 1 is 1.33 bits per heavy atom. The van der Waals surface area contributed by atoms with Gasteiger partial charge in [0.05, 0.1) is 12.1 Å². The fraction of sp³-hybridized carbons (Fsp3) is 0.412. The summed E-state index contributed by atoms with van der Waals surface area (Å²) in [4.78, 5) is 23.9. The summed E-state index contributed by atoms with van der Waals surface area (Å²) in [6, 6.07) is 5.81. The number of ether oxygens (including phenoxy) is 2. The van der Waals surface area contributed by atoms with Crippen LogP contribution in [0.2, 0.25) is 0 Å². The third-order valence-corrected chi connectivity index (χ3v) is 3.58. The first-order valence-corrected chi connectivity index (χ1v) is 7.66. The maximum atomic E-state index is 12.4. The second-order valence-corrected chi connectivity index (χ2v) is 5.47. The number of hydrogen-bond donors (Lipinski definition) is 1. The van der Waals surface area contributed by atoms with Gasteiger partial charge in [-0.1, -0.05) is 24.3 Å². The van der Waals surface area contributed by atoms with E-state index in [1.807, 2.05) is 12.2 Å². The first-order chi connectivity index (χ1) is 11.5. The average molecular weight is 339 g/mol. The van der Waals surface area contributed by atoms with Crippen LogP contribution in [0.25, 0.3) is 0 Å². The second-order valence-electron chi connectivity index (χ2n) is 5.47. The Morgan fingerprint density at radius 2 is 2.08 bits per heavy atom. The molecular formula is C17H19F2NO4. The summed E-state index contributed by atoms with van der Waals surface area (Å²) < 4.78 is 34.1. The zero-order valence-electron chi connectivity index (χ0n) is 13.2. The van der Waals surface area contributed by atoms with E-state index in [4.69, 9.17) is 4.74 Å². The molecule has 0 heterocycles. The first kappa shape index (κ1) is 17.9. The summed E-state index contributed by atoms with van der Waals surface area (Å²) in [5, 5.41) is 2.43. The minimum atomic E-state index is -3.00. The molecule has 1 N–H and O–H groups in total. The first-order valence-electron chi connectivity index (χ1n) is 7.66. The minimum Gasteiger partial charge on any atom is -0.453 e. The van der Waals surface area contributed by atoms with Gasteiger partial charge in [-0.2, -0.15) is 8.78 Å². The summed E-state index contributed by atoms with van der Waals surface area (Å²) in [7, 11) is 0. The number of halogens is 2. The molecule has 1 amide bonds. The topological polar surface area (TPSA) is 64.6 Å². The van der Waals surface area contributed by atoms with Crippen LogP contribution in [0.15, 0.2) is 36.4 Å². The van der Waals surface area contributed by atoms with Gasteiger partial charge in [-0.25, -0.2) is 0 Å². The maximum absolute atomic E-state index is 12.4.